The molecule has 1 atom stereocenters. The molecule has 0 bridgehead atoms. The van der Waals surface area contributed by atoms with Crippen molar-refractivity contribution in [3.8, 4) is 17.1 Å². The first kappa shape index (κ1) is 17.2. The van der Waals surface area contributed by atoms with Gasteiger partial charge in [-0.1, -0.05) is 53.3 Å². The third-order valence-corrected chi connectivity index (χ3v) is 4.74. The summed E-state index contributed by atoms with van der Waals surface area (Å²) in [6, 6.07) is 17.2. The number of carbonyl (C=O) groups excluding carboxylic acids is 1. The molecule has 2 heterocycles. The molecule has 7 nitrogen and oxygen atoms in total. The highest BCUT2D eigenvalue weighted by atomic mass is 32.1. The van der Waals surface area contributed by atoms with Crippen molar-refractivity contribution in [2.24, 2.45) is 0 Å². The number of ether oxygens (including phenoxy) is 1. The molecule has 2 aromatic heterocycles. The first-order valence-corrected chi connectivity index (χ1v) is 9.23. The maximum absolute atomic E-state index is 12.4. The normalized spacial score (nSPS) is 12.1. The van der Waals surface area contributed by atoms with Crippen molar-refractivity contribution in [3.63, 3.8) is 0 Å². The minimum absolute atomic E-state index is 0.277. The van der Waals surface area contributed by atoms with Crippen LogP contribution in [0.4, 0.5) is 5.13 Å². The Morgan fingerprint density at radius 2 is 1.96 bits per heavy atom. The highest BCUT2D eigenvalue weighted by Gasteiger charge is 2.19. The van der Waals surface area contributed by atoms with Gasteiger partial charge in [-0.3, -0.25) is 10.1 Å². The zero-order valence-corrected chi connectivity index (χ0v) is 15.6. The predicted octanol–water partition coefficient (Wildman–Crippen LogP) is 3.57. The summed E-state index contributed by atoms with van der Waals surface area (Å²) in [4.78, 5) is 13.0. The van der Waals surface area contributed by atoms with Crippen molar-refractivity contribution in [1.82, 2.24) is 19.8 Å². The lowest BCUT2D eigenvalue weighted by molar-refractivity contribution is -0.122. The lowest BCUT2D eigenvalue weighted by Crippen LogP contribution is -2.30. The predicted molar refractivity (Wildman–Crippen MR) is 104 cm³/mol. The molecule has 136 valence electrons. The minimum Gasteiger partial charge on any atom is -0.481 e. The van der Waals surface area contributed by atoms with E-state index in [1.807, 2.05) is 49.4 Å². The summed E-state index contributed by atoms with van der Waals surface area (Å²) >= 11 is 1.26. The van der Waals surface area contributed by atoms with E-state index >= 15 is 0 Å². The standard InChI is InChI=1S/C19H17N5O2S/c1-12-7-6-8-14(11-12)16-21-22-19-24(16)23-18(27-19)20-17(25)13(2)26-15-9-4-3-5-10-15/h3-11,13H,1-2H3,(H,20,23,25). The number of fused-ring (bicyclic) bond motifs is 1. The molecule has 0 spiro atoms. The molecule has 1 unspecified atom stereocenters. The highest BCUT2D eigenvalue weighted by molar-refractivity contribution is 7.20. The number of amides is 1. The fraction of sp³-hybridized carbons (Fsp3) is 0.158. The van der Waals surface area contributed by atoms with Gasteiger partial charge in [0.05, 0.1) is 0 Å². The van der Waals surface area contributed by atoms with E-state index in [9.17, 15) is 4.79 Å². The summed E-state index contributed by atoms with van der Waals surface area (Å²) in [6.07, 6.45) is -0.655. The van der Waals surface area contributed by atoms with Crippen molar-refractivity contribution in [1.29, 1.82) is 0 Å². The van der Waals surface area contributed by atoms with Crippen molar-refractivity contribution in [2.45, 2.75) is 20.0 Å². The largest absolute Gasteiger partial charge is 0.481 e. The van der Waals surface area contributed by atoms with Crippen molar-refractivity contribution in [3.05, 3.63) is 60.2 Å². The van der Waals surface area contributed by atoms with E-state index in [-0.39, 0.29) is 5.91 Å². The Bertz CT molecular complexity index is 1090. The van der Waals surface area contributed by atoms with Gasteiger partial charge in [0.2, 0.25) is 10.1 Å². The molecule has 1 amide bonds. The Hall–Kier alpha value is -3.26. The fourth-order valence-electron chi connectivity index (χ4n) is 2.60. The Kier molecular flexibility index (Phi) is 4.55. The number of anilines is 1. The van der Waals surface area contributed by atoms with E-state index in [2.05, 4.69) is 20.6 Å². The van der Waals surface area contributed by atoms with E-state index in [1.165, 1.54) is 11.3 Å². The van der Waals surface area contributed by atoms with Crippen LogP contribution in [0.1, 0.15) is 12.5 Å². The summed E-state index contributed by atoms with van der Waals surface area (Å²) in [7, 11) is 0. The van der Waals surface area contributed by atoms with Crippen LogP contribution in [-0.2, 0) is 4.79 Å². The highest BCUT2D eigenvalue weighted by Crippen LogP contribution is 2.25. The van der Waals surface area contributed by atoms with E-state index in [1.54, 1.807) is 23.6 Å². The molecular formula is C19H17N5O2S. The van der Waals surface area contributed by atoms with Crippen LogP contribution in [0.15, 0.2) is 54.6 Å². The van der Waals surface area contributed by atoms with E-state index < -0.39 is 6.10 Å². The van der Waals surface area contributed by atoms with Crippen LogP contribution in [0, 0.1) is 6.92 Å². The number of rotatable bonds is 5. The van der Waals surface area contributed by atoms with Gasteiger partial charge in [-0.15, -0.1) is 15.3 Å². The van der Waals surface area contributed by atoms with Crippen LogP contribution in [0.3, 0.4) is 0 Å². The molecule has 27 heavy (non-hydrogen) atoms. The van der Waals surface area contributed by atoms with Gasteiger partial charge in [0.15, 0.2) is 11.9 Å². The number of aromatic nitrogens is 4. The number of carbonyl (C=O) groups is 1. The third kappa shape index (κ3) is 3.65. The van der Waals surface area contributed by atoms with Gasteiger partial charge in [0, 0.05) is 5.56 Å². The second kappa shape index (κ2) is 7.16. The topological polar surface area (TPSA) is 81.4 Å². The smallest absolute Gasteiger partial charge is 0.266 e. The number of nitrogens with one attached hydrogen (secondary N) is 1. The van der Waals surface area contributed by atoms with Crippen molar-refractivity contribution in [2.75, 3.05) is 5.32 Å². The molecule has 4 aromatic rings. The number of nitrogens with zero attached hydrogens (tertiary/aromatic N) is 4. The van der Waals surface area contributed by atoms with Crippen molar-refractivity contribution >= 4 is 27.3 Å². The first-order chi connectivity index (χ1) is 13.1. The Morgan fingerprint density at radius 1 is 1.15 bits per heavy atom. The van der Waals surface area contributed by atoms with Gasteiger partial charge in [-0.25, -0.2) is 0 Å². The van der Waals surface area contributed by atoms with E-state index in [0.717, 1.165) is 11.1 Å². The minimum atomic E-state index is -0.655. The summed E-state index contributed by atoms with van der Waals surface area (Å²) in [5.41, 5.74) is 2.05. The second-order valence-corrected chi connectivity index (χ2v) is 7.01. The van der Waals surface area contributed by atoms with Crippen LogP contribution < -0.4 is 10.1 Å². The summed E-state index contributed by atoms with van der Waals surface area (Å²) in [6.45, 7) is 3.71. The molecule has 0 fully saturated rings. The number of hydrogen-bond acceptors (Lipinski definition) is 6. The average molecular weight is 379 g/mol. The lowest BCUT2D eigenvalue weighted by atomic mass is 10.1. The summed E-state index contributed by atoms with van der Waals surface area (Å²) < 4.78 is 7.28. The SMILES string of the molecule is Cc1cccc(-c2nnc3sc(NC(=O)C(C)Oc4ccccc4)nn23)c1. The summed E-state index contributed by atoms with van der Waals surface area (Å²) in [5.74, 6) is 1.000. The average Bonchev–Trinajstić information content (AvgIpc) is 3.22. The van der Waals surface area contributed by atoms with E-state index in [4.69, 9.17) is 4.74 Å². The maximum Gasteiger partial charge on any atom is 0.266 e. The maximum atomic E-state index is 12.4. The van der Waals surface area contributed by atoms with Crippen LogP contribution in [-0.4, -0.2) is 31.8 Å². The van der Waals surface area contributed by atoms with E-state index in [0.29, 0.717) is 21.7 Å². The van der Waals surface area contributed by atoms with Crippen LogP contribution in [0.25, 0.3) is 16.3 Å². The number of benzene rings is 2. The fourth-order valence-corrected chi connectivity index (χ4v) is 3.34. The molecule has 1 N–H and O–H groups in total. The Balaban J connectivity index is 1.52. The molecule has 4 rings (SSSR count). The first-order valence-electron chi connectivity index (χ1n) is 8.42. The zero-order chi connectivity index (χ0) is 18.8. The lowest BCUT2D eigenvalue weighted by Gasteiger charge is -2.13. The molecule has 0 saturated heterocycles. The zero-order valence-electron chi connectivity index (χ0n) is 14.8. The van der Waals surface area contributed by atoms with Crippen molar-refractivity contribution < 1.29 is 9.53 Å². The van der Waals surface area contributed by atoms with Crippen LogP contribution >= 0.6 is 11.3 Å². The molecule has 0 aliphatic rings. The Labute approximate surface area is 159 Å². The molecular weight excluding hydrogens is 362 g/mol. The van der Waals surface area contributed by atoms with Gasteiger partial charge >= 0.3 is 0 Å². The molecule has 0 radical (unpaired) electrons. The van der Waals surface area contributed by atoms with Gasteiger partial charge in [0.25, 0.3) is 5.91 Å². The summed E-state index contributed by atoms with van der Waals surface area (Å²) in [5, 5.41) is 16.0. The van der Waals surface area contributed by atoms with Gasteiger partial charge in [-0.2, -0.15) is 4.52 Å². The molecule has 8 heteroatoms. The number of aryl methyl sites for hydroxylation is 1. The molecule has 0 saturated carbocycles. The number of hydrogen-bond donors (Lipinski definition) is 1. The van der Waals surface area contributed by atoms with Crippen LogP contribution in [0.2, 0.25) is 0 Å². The van der Waals surface area contributed by atoms with Gasteiger partial charge in [-0.05, 0) is 32.0 Å². The van der Waals surface area contributed by atoms with Gasteiger partial charge < -0.3 is 4.74 Å². The monoisotopic (exact) mass is 379 g/mol. The van der Waals surface area contributed by atoms with Gasteiger partial charge in [0.1, 0.15) is 5.75 Å². The Morgan fingerprint density at radius 3 is 2.74 bits per heavy atom. The number of para-hydroxylation sites is 1. The molecule has 2 aromatic carbocycles. The molecule has 0 aliphatic carbocycles. The molecule has 0 aliphatic heterocycles. The second-order valence-electron chi connectivity index (χ2n) is 6.06. The quantitative estimate of drug-likeness (QED) is 0.573. The van der Waals surface area contributed by atoms with Crippen LogP contribution in [0.5, 0.6) is 5.75 Å². The third-order valence-electron chi connectivity index (χ3n) is 3.92.